The molecule has 21 heavy (non-hydrogen) atoms. The van der Waals surface area contributed by atoms with Crippen molar-refractivity contribution in [2.75, 3.05) is 25.0 Å². The molecule has 1 aromatic carbocycles. The van der Waals surface area contributed by atoms with Gasteiger partial charge in [-0.05, 0) is 19.4 Å². The molecule has 1 unspecified atom stereocenters. The molecule has 0 amide bonds. The van der Waals surface area contributed by atoms with Crippen LogP contribution in [0.15, 0.2) is 23.1 Å². The highest BCUT2D eigenvalue weighted by atomic mass is 32.2. The van der Waals surface area contributed by atoms with Crippen molar-refractivity contribution < 1.29 is 18.4 Å². The Balaban J connectivity index is 2.48. The molecule has 1 atom stereocenters. The van der Waals surface area contributed by atoms with Gasteiger partial charge in [0.15, 0.2) is 0 Å². The van der Waals surface area contributed by atoms with Crippen LogP contribution in [0.1, 0.15) is 13.3 Å². The van der Waals surface area contributed by atoms with Crippen molar-refractivity contribution in [1.82, 2.24) is 4.31 Å². The molecule has 2 rings (SSSR count). The van der Waals surface area contributed by atoms with Gasteiger partial charge in [0.1, 0.15) is 4.90 Å². The maximum atomic E-state index is 12.6. The van der Waals surface area contributed by atoms with Gasteiger partial charge < -0.3 is 10.4 Å². The lowest BCUT2D eigenvalue weighted by molar-refractivity contribution is -0.385. The van der Waals surface area contributed by atoms with Gasteiger partial charge in [0, 0.05) is 31.8 Å². The first kappa shape index (κ1) is 15.7. The minimum atomic E-state index is -3.87. The highest BCUT2D eigenvalue weighted by Crippen LogP contribution is 2.30. The van der Waals surface area contributed by atoms with E-state index in [1.165, 1.54) is 12.1 Å². The van der Waals surface area contributed by atoms with Crippen molar-refractivity contribution in [2.24, 2.45) is 0 Å². The van der Waals surface area contributed by atoms with Crippen LogP contribution >= 0.6 is 0 Å². The van der Waals surface area contributed by atoms with Crippen molar-refractivity contribution in [3.05, 3.63) is 28.3 Å². The molecule has 2 N–H and O–H groups in total. The van der Waals surface area contributed by atoms with E-state index in [9.17, 15) is 23.6 Å². The smallest absolute Gasteiger partial charge is 0.270 e. The first-order chi connectivity index (χ1) is 9.86. The number of sulfonamides is 1. The lowest BCUT2D eigenvalue weighted by atomic mass is 10.3. The summed E-state index contributed by atoms with van der Waals surface area (Å²) in [5.74, 6) is 0. The van der Waals surface area contributed by atoms with Crippen molar-refractivity contribution in [3.8, 4) is 0 Å². The third-order valence-electron chi connectivity index (χ3n) is 3.29. The Kier molecular flexibility index (Phi) is 4.45. The Morgan fingerprint density at radius 1 is 1.52 bits per heavy atom. The molecule has 1 fully saturated rings. The number of non-ortho nitro benzene ring substituents is 1. The number of hydrogen-bond acceptors (Lipinski definition) is 6. The van der Waals surface area contributed by atoms with E-state index in [1.54, 1.807) is 6.92 Å². The molecule has 116 valence electrons. The zero-order chi connectivity index (χ0) is 15.6. The summed E-state index contributed by atoms with van der Waals surface area (Å²) in [5.41, 5.74) is 0.0412. The Hall–Kier alpha value is -1.71. The molecule has 1 aliphatic heterocycles. The number of aliphatic hydroxyl groups excluding tert-OH is 1. The van der Waals surface area contributed by atoms with Gasteiger partial charge in [0.2, 0.25) is 10.0 Å². The van der Waals surface area contributed by atoms with E-state index >= 15 is 0 Å². The predicted octanol–water partition coefficient (Wildman–Crippen LogP) is 0.782. The first-order valence-corrected chi connectivity index (χ1v) is 8.00. The second-order valence-electron chi connectivity index (χ2n) is 4.77. The maximum absolute atomic E-state index is 12.6. The van der Waals surface area contributed by atoms with E-state index in [2.05, 4.69) is 5.32 Å². The van der Waals surface area contributed by atoms with Gasteiger partial charge in [0.05, 0.1) is 16.7 Å². The lowest BCUT2D eigenvalue weighted by Crippen LogP contribution is -2.30. The molecule has 1 saturated heterocycles. The summed E-state index contributed by atoms with van der Waals surface area (Å²) < 4.78 is 26.4. The van der Waals surface area contributed by atoms with E-state index in [0.717, 1.165) is 10.4 Å². The zero-order valence-corrected chi connectivity index (χ0v) is 12.3. The maximum Gasteiger partial charge on any atom is 0.270 e. The van der Waals surface area contributed by atoms with Crippen LogP contribution in [-0.4, -0.2) is 48.5 Å². The van der Waals surface area contributed by atoms with Crippen LogP contribution in [0.4, 0.5) is 11.4 Å². The van der Waals surface area contributed by atoms with E-state index < -0.39 is 21.1 Å². The van der Waals surface area contributed by atoms with Gasteiger partial charge >= 0.3 is 0 Å². The summed E-state index contributed by atoms with van der Waals surface area (Å²) in [4.78, 5) is 10.1. The van der Waals surface area contributed by atoms with Crippen molar-refractivity contribution in [2.45, 2.75) is 24.3 Å². The number of rotatable bonds is 5. The monoisotopic (exact) mass is 315 g/mol. The molecule has 1 aliphatic rings. The minimum Gasteiger partial charge on any atom is -0.392 e. The van der Waals surface area contributed by atoms with Crippen LogP contribution < -0.4 is 5.32 Å². The number of nitrogens with one attached hydrogen (secondary N) is 1. The van der Waals surface area contributed by atoms with E-state index in [1.807, 2.05) is 0 Å². The summed E-state index contributed by atoms with van der Waals surface area (Å²) in [6.45, 7) is 2.51. The molecule has 0 radical (unpaired) electrons. The van der Waals surface area contributed by atoms with Gasteiger partial charge in [-0.15, -0.1) is 0 Å². The SMILES string of the molecule is CCNc1ccc([N+](=O)[O-])cc1S(=O)(=O)N1CCC(O)C1. The van der Waals surface area contributed by atoms with Gasteiger partial charge in [-0.2, -0.15) is 4.31 Å². The van der Waals surface area contributed by atoms with Crippen LogP contribution in [0.3, 0.4) is 0 Å². The summed E-state index contributed by atoms with van der Waals surface area (Å²) in [6, 6.07) is 3.70. The quantitative estimate of drug-likeness (QED) is 0.613. The number of aliphatic hydroxyl groups is 1. The number of benzene rings is 1. The number of nitro benzene ring substituents is 1. The molecule has 0 aromatic heterocycles. The third-order valence-corrected chi connectivity index (χ3v) is 5.19. The van der Waals surface area contributed by atoms with Crippen LogP contribution in [0.25, 0.3) is 0 Å². The molecule has 0 bridgehead atoms. The average Bonchev–Trinajstić information content (AvgIpc) is 2.86. The summed E-state index contributed by atoms with van der Waals surface area (Å²) in [7, 11) is -3.87. The first-order valence-electron chi connectivity index (χ1n) is 6.56. The van der Waals surface area contributed by atoms with E-state index in [4.69, 9.17) is 0 Å². The second-order valence-corrected chi connectivity index (χ2v) is 6.68. The number of anilines is 1. The highest BCUT2D eigenvalue weighted by Gasteiger charge is 2.34. The summed E-state index contributed by atoms with van der Waals surface area (Å²) in [6.07, 6.45) is -0.328. The van der Waals surface area contributed by atoms with Crippen LogP contribution in [0.2, 0.25) is 0 Å². The number of β-amino-alcohol motifs (C(OH)–C–C–N with tert-alkyl or cyclic N) is 1. The fourth-order valence-electron chi connectivity index (χ4n) is 2.24. The van der Waals surface area contributed by atoms with Gasteiger partial charge in [0.25, 0.3) is 5.69 Å². The summed E-state index contributed by atoms with van der Waals surface area (Å²) in [5, 5.41) is 23.2. The molecular formula is C12H17N3O5S. The van der Waals surface area contributed by atoms with Crippen LogP contribution in [0, 0.1) is 10.1 Å². The molecule has 0 spiro atoms. The standard InChI is InChI=1S/C12H17N3O5S/c1-2-13-11-4-3-9(15(17)18)7-12(11)21(19,20)14-6-5-10(16)8-14/h3-4,7,10,13,16H,2,5-6,8H2,1H3. The van der Waals surface area contributed by atoms with Crippen molar-refractivity contribution in [3.63, 3.8) is 0 Å². The molecule has 1 heterocycles. The fraction of sp³-hybridized carbons (Fsp3) is 0.500. The van der Waals surface area contributed by atoms with Gasteiger partial charge in [-0.25, -0.2) is 8.42 Å². The minimum absolute atomic E-state index is 0.0105. The van der Waals surface area contributed by atoms with E-state index in [-0.39, 0.29) is 23.7 Å². The normalized spacial score (nSPS) is 19.6. The predicted molar refractivity (Wildman–Crippen MR) is 76.6 cm³/mol. The Bertz CT molecular complexity index is 646. The molecule has 1 aromatic rings. The average molecular weight is 315 g/mol. The summed E-state index contributed by atoms with van der Waals surface area (Å²) >= 11 is 0. The van der Waals surface area contributed by atoms with Crippen LogP contribution in [0.5, 0.6) is 0 Å². The molecule has 0 saturated carbocycles. The van der Waals surface area contributed by atoms with Crippen molar-refractivity contribution >= 4 is 21.4 Å². The Morgan fingerprint density at radius 3 is 2.76 bits per heavy atom. The lowest BCUT2D eigenvalue weighted by Gasteiger charge is -2.18. The largest absolute Gasteiger partial charge is 0.392 e. The molecule has 9 heteroatoms. The molecule has 8 nitrogen and oxygen atoms in total. The van der Waals surface area contributed by atoms with Gasteiger partial charge in [-0.3, -0.25) is 10.1 Å². The molecular weight excluding hydrogens is 298 g/mol. The second kappa shape index (κ2) is 5.96. The topological polar surface area (TPSA) is 113 Å². The van der Waals surface area contributed by atoms with Crippen LogP contribution in [-0.2, 0) is 10.0 Å². The van der Waals surface area contributed by atoms with Gasteiger partial charge in [-0.1, -0.05) is 0 Å². The highest BCUT2D eigenvalue weighted by molar-refractivity contribution is 7.89. The zero-order valence-electron chi connectivity index (χ0n) is 11.5. The Labute approximate surface area is 122 Å². The number of hydrogen-bond donors (Lipinski definition) is 2. The fourth-order valence-corrected chi connectivity index (χ4v) is 3.92. The molecule has 0 aliphatic carbocycles. The third kappa shape index (κ3) is 3.14. The Morgan fingerprint density at radius 2 is 2.24 bits per heavy atom. The number of nitro groups is 1. The number of nitrogens with zero attached hydrogens (tertiary/aromatic N) is 2. The van der Waals surface area contributed by atoms with E-state index in [0.29, 0.717) is 18.7 Å². The van der Waals surface area contributed by atoms with Crippen molar-refractivity contribution in [1.29, 1.82) is 0 Å².